The molecule has 35 heavy (non-hydrogen) atoms. The highest BCUT2D eigenvalue weighted by Crippen LogP contribution is 2.31. The Morgan fingerprint density at radius 2 is 1.91 bits per heavy atom. The average Bonchev–Trinajstić information content (AvgIpc) is 3.12. The number of rotatable bonds is 4. The van der Waals surface area contributed by atoms with E-state index in [1.54, 1.807) is 13.4 Å². The molecule has 0 bridgehead atoms. The van der Waals surface area contributed by atoms with Crippen molar-refractivity contribution in [2.45, 2.75) is 39.7 Å². The predicted molar refractivity (Wildman–Crippen MR) is 133 cm³/mol. The van der Waals surface area contributed by atoms with E-state index in [1.165, 1.54) is 12.1 Å². The van der Waals surface area contributed by atoms with E-state index >= 15 is 0 Å². The van der Waals surface area contributed by atoms with Crippen LogP contribution >= 0.6 is 0 Å². The van der Waals surface area contributed by atoms with Gasteiger partial charge in [-0.2, -0.15) is 0 Å². The third-order valence-corrected chi connectivity index (χ3v) is 6.18. The smallest absolute Gasteiger partial charge is 0.171 e. The minimum atomic E-state index is -0.614. The number of halogens is 2. The minimum Gasteiger partial charge on any atom is -0.495 e. The first-order chi connectivity index (χ1) is 16.5. The van der Waals surface area contributed by atoms with Gasteiger partial charge in [0, 0.05) is 37.3 Å². The molecule has 2 aliphatic heterocycles. The largest absolute Gasteiger partial charge is 0.495 e. The SMILES string of the molecule is C.COc1cc(/C=C2\CCCN3CC[C@H](c4cc(F)cc(F)c4)ON=C23)ccc1-n1cnc(C)c1. The predicted octanol–water partition coefficient (Wildman–Crippen LogP) is 6.06. The number of fused-ring (bicyclic) bond motifs is 1. The van der Waals surface area contributed by atoms with Crippen LogP contribution < -0.4 is 4.74 Å². The highest BCUT2D eigenvalue weighted by atomic mass is 19.1. The molecular weight excluding hydrogens is 450 g/mol. The fourth-order valence-corrected chi connectivity index (χ4v) is 4.53. The Labute approximate surface area is 204 Å². The number of hydrogen-bond donors (Lipinski definition) is 0. The van der Waals surface area contributed by atoms with E-state index in [0.717, 1.165) is 59.6 Å². The number of aryl methyl sites for hydroxylation is 1. The normalized spacial score (nSPS) is 18.7. The Hall–Kier alpha value is -3.68. The van der Waals surface area contributed by atoms with Crippen LogP contribution in [0.5, 0.6) is 5.75 Å². The first-order valence-electron chi connectivity index (χ1n) is 11.3. The molecule has 0 unspecified atom stereocenters. The number of piperidine rings is 1. The molecule has 6 nitrogen and oxygen atoms in total. The van der Waals surface area contributed by atoms with Gasteiger partial charge in [-0.25, -0.2) is 13.8 Å². The quantitative estimate of drug-likeness (QED) is 0.456. The molecule has 1 atom stereocenters. The van der Waals surface area contributed by atoms with Gasteiger partial charge in [-0.15, -0.1) is 0 Å². The van der Waals surface area contributed by atoms with E-state index in [9.17, 15) is 8.78 Å². The van der Waals surface area contributed by atoms with Crippen LogP contribution in [0.3, 0.4) is 0 Å². The van der Waals surface area contributed by atoms with Crippen LogP contribution in [0.4, 0.5) is 8.78 Å². The Kier molecular flexibility index (Phi) is 7.19. The molecule has 0 spiro atoms. The second-order valence-corrected chi connectivity index (χ2v) is 8.61. The van der Waals surface area contributed by atoms with Crippen LogP contribution in [0.2, 0.25) is 0 Å². The maximum absolute atomic E-state index is 13.7. The van der Waals surface area contributed by atoms with Crippen LogP contribution in [0.25, 0.3) is 11.8 Å². The average molecular weight is 481 g/mol. The number of methoxy groups -OCH3 is 1. The molecule has 0 radical (unpaired) electrons. The first-order valence-corrected chi connectivity index (χ1v) is 11.3. The molecule has 3 aromatic rings. The van der Waals surface area contributed by atoms with Gasteiger partial charge in [-0.3, -0.25) is 0 Å². The standard InChI is InChI=1S/C26H26F2N4O2.CH4/c1-17-15-32(16-29-17)23-6-5-18(11-25(23)33-2)10-19-4-3-8-31-9-7-24(34-30-26(19)31)20-12-21(27)14-22(28)13-20;/h5-6,10-16,24H,3-4,7-9H2,1-2H3;1H4/b19-10+;/t24-;/m1./s1. The van der Waals surface area contributed by atoms with Crippen LogP contribution in [0.1, 0.15) is 49.6 Å². The molecule has 2 aromatic carbocycles. The van der Waals surface area contributed by atoms with Gasteiger partial charge < -0.3 is 19.0 Å². The molecule has 0 saturated carbocycles. The van der Waals surface area contributed by atoms with E-state index < -0.39 is 17.7 Å². The molecule has 1 saturated heterocycles. The third-order valence-electron chi connectivity index (χ3n) is 6.18. The zero-order chi connectivity index (χ0) is 23.7. The summed E-state index contributed by atoms with van der Waals surface area (Å²) in [4.78, 5) is 12.3. The summed E-state index contributed by atoms with van der Waals surface area (Å²) in [5.41, 5.74) is 4.36. The van der Waals surface area contributed by atoms with E-state index in [2.05, 4.69) is 21.1 Å². The zero-order valence-corrected chi connectivity index (χ0v) is 19.2. The van der Waals surface area contributed by atoms with Gasteiger partial charge in [0.25, 0.3) is 0 Å². The van der Waals surface area contributed by atoms with Crippen molar-refractivity contribution in [3.05, 3.63) is 83.0 Å². The maximum Gasteiger partial charge on any atom is 0.171 e. The molecule has 3 heterocycles. The van der Waals surface area contributed by atoms with Gasteiger partial charge in [0.1, 0.15) is 17.4 Å². The number of hydrogen-bond acceptors (Lipinski definition) is 5. The molecular formula is C27H30F2N4O2. The first kappa shape index (κ1) is 24.4. The number of benzene rings is 2. The van der Waals surface area contributed by atoms with Crippen molar-refractivity contribution in [1.82, 2.24) is 14.5 Å². The molecule has 0 aliphatic carbocycles. The lowest BCUT2D eigenvalue weighted by Crippen LogP contribution is -2.37. The van der Waals surface area contributed by atoms with Gasteiger partial charge >= 0.3 is 0 Å². The molecule has 8 heteroatoms. The lowest BCUT2D eigenvalue weighted by atomic mass is 9.99. The monoisotopic (exact) mass is 480 g/mol. The number of aromatic nitrogens is 2. The minimum absolute atomic E-state index is 0. The second-order valence-electron chi connectivity index (χ2n) is 8.61. The second kappa shape index (κ2) is 10.3. The van der Waals surface area contributed by atoms with Crippen LogP contribution in [-0.4, -0.2) is 40.5 Å². The lowest BCUT2D eigenvalue weighted by Gasteiger charge is -2.29. The number of ether oxygens (including phenoxy) is 1. The van der Waals surface area contributed by atoms with E-state index in [0.29, 0.717) is 18.5 Å². The molecule has 2 aliphatic rings. The topological polar surface area (TPSA) is 51.9 Å². The molecule has 184 valence electrons. The number of nitrogens with zero attached hydrogens (tertiary/aromatic N) is 4. The summed E-state index contributed by atoms with van der Waals surface area (Å²) in [6.07, 6.45) is 7.77. The van der Waals surface area contributed by atoms with E-state index in [-0.39, 0.29) is 7.43 Å². The Balaban J connectivity index is 0.00000289. The summed E-state index contributed by atoms with van der Waals surface area (Å²) in [6, 6.07) is 9.52. The van der Waals surface area contributed by atoms with Gasteiger partial charge in [0.15, 0.2) is 11.9 Å². The number of amidine groups is 1. The summed E-state index contributed by atoms with van der Waals surface area (Å²) in [7, 11) is 1.65. The summed E-state index contributed by atoms with van der Waals surface area (Å²) in [6.45, 7) is 3.51. The Bertz CT molecular complexity index is 1250. The molecule has 0 N–H and O–H groups in total. The van der Waals surface area contributed by atoms with Gasteiger partial charge in [-0.1, -0.05) is 18.6 Å². The van der Waals surface area contributed by atoms with Gasteiger partial charge in [0.05, 0.1) is 24.8 Å². The number of imidazole rings is 1. The summed E-state index contributed by atoms with van der Waals surface area (Å²) >= 11 is 0. The van der Waals surface area contributed by atoms with Crippen LogP contribution in [-0.2, 0) is 4.84 Å². The van der Waals surface area contributed by atoms with Crippen molar-refractivity contribution in [1.29, 1.82) is 0 Å². The van der Waals surface area contributed by atoms with Crippen molar-refractivity contribution in [3.63, 3.8) is 0 Å². The highest BCUT2D eigenvalue weighted by Gasteiger charge is 2.28. The third kappa shape index (κ3) is 5.21. The molecule has 0 amide bonds. The fourth-order valence-electron chi connectivity index (χ4n) is 4.53. The van der Waals surface area contributed by atoms with Crippen molar-refractivity contribution in [2.24, 2.45) is 5.16 Å². The van der Waals surface area contributed by atoms with Crippen molar-refractivity contribution in [2.75, 3.05) is 20.2 Å². The van der Waals surface area contributed by atoms with Crippen molar-refractivity contribution in [3.8, 4) is 11.4 Å². The summed E-state index contributed by atoms with van der Waals surface area (Å²) in [5.74, 6) is 0.291. The molecule has 5 rings (SSSR count). The summed E-state index contributed by atoms with van der Waals surface area (Å²) < 4.78 is 35.0. The zero-order valence-electron chi connectivity index (χ0n) is 19.2. The Morgan fingerprint density at radius 1 is 1.11 bits per heavy atom. The van der Waals surface area contributed by atoms with Gasteiger partial charge in [0.2, 0.25) is 0 Å². The van der Waals surface area contributed by atoms with Crippen LogP contribution in [0.15, 0.2) is 59.7 Å². The number of oxime groups is 1. The van der Waals surface area contributed by atoms with Crippen molar-refractivity contribution >= 4 is 11.9 Å². The van der Waals surface area contributed by atoms with Crippen molar-refractivity contribution < 1.29 is 18.4 Å². The maximum atomic E-state index is 13.7. The summed E-state index contributed by atoms with van der Waals surface area (Å²) in [5, 5.41) is 4.44. The molecule has 1 aromatic heterocycles. The van der Waals surface area contributed by atoms with Crippen LogP contribution in [0, 0.1) is 18.6 Å². The van der Waals surface area contributed by atoms with Gasteiger partial charge in [-0.05, 0) is 61.2 Å². The lowest BCUT2D eigenvalue weighted by molar-refractivity contribution is 0.0572. The Morgan fingerprint density at radius 3 is 2.63 bits per heavy atom. The van der Waals surface area contributed by atoms with E-state index in [4.69, 9.17) is 9.57 Å². The highest BCUT2D eigenvalue weighted by molar-refractivity contribution is 6.02. The van der Waals surface area contributed by atoms with E-state index in [1.807, 2.05) is 35.9 Å². The molecule has 1 fully saturated rings. The fraction of sp³-hybridized carbons (Fsp3) is 0.333.